The molecule has 7 heteroatoms. The highest BCUT2D eigenvalue weighted by molar-refractivity contribution is 5.79. The molecule has 0 amide bonds. The molecule has 0 heterocycles. The lowest BCUT2D eigenvalue weighted by molar-refractivity contribution is -0.384. The highest BCUT2D eigenvalue weighted by Crippen LogP contribution is 2.25. The quantitative estimate of drug-likeness (QED) is 0.379. The van der Waals surface area contributed by atoms with Crippen LogP contribution in [0.25, 0.3) is 0 Å². The van der Waals surface area contributed by atoms with Gasteiger partial charge in [0.1, 0.15) is 6.10 Å². The summed E-state index contributed by atoms with van der Waals surface area (Å²) in [7, 11) is 0. The fourth-order valence-corrected chi connectivity index (χ4v) is 1.54. The minimum Gasteiger partial charge on any atom is -0.396 e. The first-order chi connectivity index (χ1) is 8.51. The summed E-state index contributed by atoms with van der Waals surface area (Å²) >= 11 is 0. The predicted octanol–water partition coefficient (Wildman–Crippen LogP) is 0.184. The summed E-state index contributed by atoms with van der Waals surface area (Å²) in [4.78, 5) is 20.7. The zero-order chi connectivity index (χ0) is 13.7. The van der Waals surface area contributed by atoms with Crippen LogP contribution in [0.2, 0.25) is 0 Å². The van der Waals surface area contributed by atoms with E-state index in [1.165, 1.54) is 6.07 Å². The molecule has 0 saturated carbocycles. The topological polar surface area (TPSA) is 121 Å². The number of aliphatic hydroxyl groups excluding tert-OH is 3. The summed E-state index contributed by atoms with van der Waals surface area (Å²) < 4.78 is 0. The number of nitro groups is 1. The fourth-order valence-electron chi connectivity index (χ4n) is 1.54. The Morgan fingerprint density at radius 1 is 1.39 bits per heavy atom. The standard InChI is InChI=1S/C11H13NO6/c13-4-3-10(15)11(16)9-2-1-8(12(17)18)5-7(9)6-14/h1-2,5-6,10-11,13,15-16H,3-4H2. The average molecular weight is 255 g/mol. The largest absolute Gasteiger partial charge is 0.396 e. The predicted molar refractivity (Wildman–Crippen MR) is 61.2 cm³/mol. The Bertz CT molecular complexity index is 447. The van der Waals surface area contributed by atoms with Crippen molar-refractivity contribution in [2.45, 2.75) is 18.6 Å². The highest BCUT2D eigenvalue weighted by atomic mass is 16.6. The zero-order valence-corrected chi connectivity index (χ0v) is 9.39. The fraction of sp³-hybridized carbons (Fsp3) is 0.364. The van der Waals surface area contributed by atoms with Crippen LogP contribution in [0.15, 0.2) is 18.2 Å². The lowest BCUT2D eigenvalue weighted by Gasteiger charge is -2.18. The van der Waals surface area contributed by atoms with Gasteiger partial charge in [0.25, 0.3) is 5.69 Å². The van der Waals surface area contributed by atoms with Crippen LogP contribution >= 0.6 is 0 Å². The summed E-state index contributed by atoms with van der Waals surface area (Å²) in [6, 6.07) is 3.38. The first-order valence-electron chi connectivity index (χ1n) is 5.21. The van der Waals surface area contributed by atoms with Crippen LogP contribution in [0.5, 0.6) is 0 Å². The van der Waals surface area contributed by atoms with Crippen molar-refractivity contribution in [2.24, 2.45) is 0 Å². The molecule has 0 spiro atoms. The Hall–Kier alpha value is -1.83. The van der Waals surface area contributed by atoms with E-state index in [0.29, 0.717) is 6.29 Å². The maximum Gasteiger partial charge on any atom is 0.270 e. The summed E-state index contributed by atoms with van der Waals surface area (Å²) in [6.45, 7) is -0.318. The molecular weight excluding hydrogens is 242 g/mol. The Kier molecular flexibility index (Phi) is 4.90. The number of nitro benzene ring substituents is 1. The van der Waals surface area contributed by atoms with Gasteiger partial charge in [-0.25, -0.2) is 0 Å². The lowest BCUT2D eigenvalue weighted by atomic mass is 9.97. The van der Waals surface area contributed by atoms with E-state index in [2.05, 4.69) is 0 Å². The molecule has 18 heavy (non-hydrogen) atoms. The molecule has 1 aromatic carbocycles. The summed E-state index contributed by atoms with van der Waals surface area (Å²) in [5.74, 6) is 0. The molecule has 1 aromatic rings. The van der Waals surface area contributed by atoms with Crippen molar-refractivity contribution >= 4 is 12.0 Å². The molecule has 3 N–H and O–H groups in total. The number of nitrogens with zero attached hydrogens (tertiary/aromatic N) is 1. The molecule has 0 aromatic heterocycles. The molecule has 0 aliphatic heterocycles. The molecule has 2 atom stereocenters. The normalized spacial score (nSPS) is 13.9. The third-order valence-corrected chi connectivity index (χ3v) is 2.52. The van der Waals surface area contributed by atoms with Gasteiger partial charge in [-0.1, -0.05) is 0 Å². The van der Waals surface area contributed by atoms with Gasteiger partial charge in [0.15, 0.2) is 6.29 Å². The minimum atomic E-state index is -1.38. The molecule has 2 unspecified atom stereocenters. The van der Waals surface area contributed by atoms with Crippen LogP contribution in [-0.2, 0) is 0 Å². The van der Waals surface area contributed by atoms with Crippen molar-refractivity contribution in [2.75, 3.05) is 6.61 Å². The maximum atomic E-state index is 10.8. The van der Waals surface area contributed by atoms with Crippen molar-refractivity contribution in [3.8, 4) is 0 Å². The number of carbonyl (C=O) groups excluding carboxylic acids is 1. The molecule has 0 saturated heterocycles. The Morgan fingerprint density at radius 2 is 2.06 bits per heavy atom. The summed E-state index contributed by atoms with van der Waals surface area (Å²) in [6.07, 6.45) is -2.30. The number of rotatable bonds is 6. The smallest absolute Gasteiger partial charge is 0.270 e. The monoisotopic (exact) mass is 255 g/mol. The van der Waals surface area contributed by atoms with Gasteiger partial charge < -0.3 is 15.3 Å². The van der Waals surface area contributed by atoms with Crippen LogP contribution < -0.4 is 0 Å². The SMILES string of the molecule is O=Cc1cc([N+](=O)[O-])ccc1C(O)C(O)CCO. The second-order valence-electron chi connectivity index (χ2n) is 3.71. The average Bonchev–Trinajstić information content (AvgIpc) is 2.37. The third kappa shape index (κ3) is 3.10. The van der Waals surface area contributed by atoms with E-state index < -0.39 is 17.1 Å². The number of hydrogen-bond acceptors (Lipinski definition) is 6. The first-order valence-corrected chi connectivity index (χ1v) is 5.21. The summed E-state index contributed by atoms with van der Waals surface area (Å²) in [5, 5.41) is 38.5. The Labute approximate surface area is 102 Å². The number of non-ortho nitro benzene ring substituents is 1. The molecule has 0 radical (unpaired) electrons. The zero-order valence-electron chi connectivity index (χ0n) is 9.39. The minimum absolute atomic E-state index is 0.0591. The molecule has 98 valence electrons. The van der Waals surface area contributed by atoms with Crippen LogP contribution in [0.4, 0.5) is 5.69 Å². The number of carbonyl (C=O) groups is 1. The van der Waals surface area contributed by atoms with Gasteiger partial charge in [-0.2, -0.15) is 0 Å². The van der Waals surface area contributed by atoms with Gasteiger partial charge in [0.05, 0.1) is 11.0 Å². The molecule has 0 aliphatic carbocycles. The van der Waals surface area contributed by atoms with Gasteiger partial charge in [-0.3, -0.25) is 14.9 Å². The van der Waals surface area contributed by atoms with E-state index in [1.54, 1.807) is 0 Å². The van der Waals surface area contributed by atoms with Gasteiger partial charge in [0, 0.05) is 24.3 Å². The number of hydrogen-bond donors (Lipinski definition) is 3. The first kappa shape index (κ1) is 14.2. The van der Waals surface area contributed by atoms with E-state index in [-0.39, 0.29) is 29.8 Å². The van der Waals surface area contributed by atoms with Crippen LogP contribution in [0.3, 0.4) is 0 Å². The number of aldehydes is 1. The van der Waals surface area contributed by atoms with Gasteiger partial charge in [-0.05, 0) is 18.1 Å². The van der Waals surface area contributed by atoms with E-state index in [4.69, 9.17) is 5.11 Å². The second kappa shape index (κ2) is 6.20. The van der Waals surface area contributed by atoms with Gasteiger partial charge >= 0.3 is 0 Å². The van der Waals surface area contributed by atoms with Crippen LogP contribution in [0, 0.1) is 10.1 Å². The van der Waals surface area contributed by atoms with Crippen molar-refractivity contribution in [3.63, 3.8) is 0 Å². The molecule has 1 rings (SSSR count). The second-order valence-corrected chi connectivity index (χ2v) is 3.71. The van der Waals surface area contributed by atoms with E-state index >= 15 is 0 Å². The maximum absolute atomic E-state index is 10.8. The van der Waals surface area contributed by atoms with Crippen molar-refractivity contribution < 1.29 is 25.0 Å². The van der Waals surface area contributed by atoms with E-state index in [9.17, 15) is 25.1 Å². The molecule has 0 fully saturated rings. The number of aliphatic hydroxyl groups is 3. The van der Waals surface area contributed by atoms with E-state index in [1.807, 2.05) is 0 Å². The van der Waals surface area contributed by atoms with Gasteiger partial charge in [0.2, 0.25) is 0 Å². The Balaban J connectivity index is 3.08. The van der Waals surface area contributed by atoms with Crippen molar-refractivity contribution in [3.05, 3.63) is 39.4 Å². The molecular formula is C11H13NO6. The van der Waals surface area contributed by atoms with E-state index in [0.717, 1.165) is 12.1 Å². The van der Waals surface area contributed by atoms with Crippen LogP contribution in [0.1, 0.15) is 28.4 Å². The van der Waals surface area contributed by atoms with Crippen molar-refractivity contribution in [1.82, 2.24) is 0 Å². The Morgan fingerprint density at radius 3 is 2.56 bits per heavy atom. The van der Waals surface area contributed by atoms with Gasteiger partial charge in [-0.15, -0.1) is 0 Å². The lowest BCUT2D eigenvalue weighted by Crippen LogP contribution is -2.20. The van der Waals surface area contributed by atoms with Crippen molar-refractivity contribution in [1.29, 1.82) is 0 Å². The highest BCUT2D eigenvalue weighted by Gasteiger charge is 2.22. The van der Waals surface area contributed by atoms with Crippen LogP contribution in [-0.4, -0.2) is 39.2 Å². The third-order valence-electron chi connectivity index (χ3n) is 2.52. The molecule has 7 nitrogen and oxygen atoms in total. The number of benzene rings is 1. The summed E-state index contributed by atoms with van der Waals surface area (Å²) in [5.41, 5.74) is -0.241. The molecule has 0 aliphatic rings. The molecule has 0 bridgehead atoms.